The summed E-state index contributed by atoms with van der Waals surface area (Å²) in [7, 11) is 0. The molecule has 5 heteroatoms. The molecule has 1 aliphatic heterocycles. The molecule has 1 aromatic carbocycles. The van der Waals surface area contributed by atoms with Crippen LogP contribution in [0.15, 0.2) is 42.5 Å². The van der Waals surface area contributed by atoms with E-state index in [0.29, 0.717) is 19.5 Å². The average Bonchev–Trinajstić information content (AvgIpc) is 2.49. The van der Waals surface area contributed by atoms with Crippen molar-refractivity contribution in [3.63, 3.8) is 0 Å². The molecule has 0 radical (unpaired) electrons. The molecule has 130 valence electrons. The van der Waals surface area contributed by atoms with Gasteiger partial charge in [0.25, 0.3) is 0 Å². The van der Waals surface area contributed by atoms with Gasteiger partial charge in [-0.25, -0.2) is 4.79 Å². The minimum Gasteiger partial charge on any atom is -0.444 e. The van der Waals surface area contributed by atoms with Crippen LogP contribution in [0.2, 0.25) is 0 Å². The van der Waals surface area contributed by atoms with Gasteiger partial charge in [-0.3, -0.25) is 4.79 Å². The van der Waals surface area contributed by atoms with Gasteiger partial charge in [0.15, 0.2) is 0 Å². The largest absolute Gasteiger partial charge is 0.444 e. The predicted octanol–water partition coefficient (Wildman–Crippen LogP) is 3.26. The minimum atomic E-state index is -0.597. The highest BCUT2D eigenvalue weighted by atomic mass is 16.6. The highest BCUT2D eigenvalue weighted by molar-refractivity contribution is 5.86. The third kappa shape index (κ3) is 5.72. The van der Waals surface area contributed by atoms with Gasteiger partial charge in [0.1, 0.15) is 11.6 Å². The summed E-state index contributed by atoms with van der Waals surface area (Å²) in [6.07, 6.45) is 4.73. The highest BCUT2D eigenvalue weighted by Gasteiger charge is 2.28. The van der Waals surface area contributed by atoms with Crippen LogP contribution < -0.4 is 5.32 Å². The Balaban J connectivity index is 2.06. The van der Waals surface area contributed by atoms with Crippen LogP contribution in [0.4, 0.5) is 4.79 Å². The molecule has 0 aromatic heterocycles. The molecule has 1 aromatic rings. The number of amides is 2. The lowest BCUT2D eigenvalue weighted by Crippen LogP contribution is -2.50. The van der Waals surface area contributed by atoms with Crippen molar-refractivity contribution >= 4 is 12.0 Å². The molecular formula is C19H26N2O3. The SMILES string of the molecule is CC(C)(C)OC(=O)N[C@H]1C/C=C\CCN(Cc2ccccc2)C1=O. The van der Waals surface area contributed by atoms with E-state index in [1.807, 2.05) is 42.5 Å². The number of hydrogen-bond donors (Lipinski definition) is 1. The van der Waals surface area contributed by atoms with Crippen LogP contribution in [0.5, 0.6) is 0 Å². The molecule has 1 atom stereocenters. The summed E-state index contributed by atoms with van der Waals surface area (Å²) in [5, 5.41) is 2.71. The number of rotatable bonds is 3. The monoisotopic (exact) mass is 330 g/mol. The van der Waals surface area contributed by atoms with Gasteiger partial charge in [-0.05, 0) is 39.2 Å². The van der Waals surface area contributed by atoms with Gasteiger partial charge in [-0.1, -0.05) is 42.5 Å². The molecule has 2 amide bonds. The van der Waals surface area contributed by atoms with Crippen molar-refractivity contribution in [1.29, 1.82) is 0 Å². The van der Waals surface area contributed by atoms with E-state index in [1.54, 1.807) is 25.7 Å². The molecule has 0 saturated heterocycles. The zero-order valence-electron chi connectivity index (χ0n) is 14.6. The number of hydrogen-bond acceptors (Lipinski definition) is 3. The van der Waals surface area contributed by atoms with Gasteiger partial charge < -0.3 is 15.0 Å². The van der Waals surface area contributed by atoms with E-state index in [4.69, 9.17) is 4.74 Å². The molecule has 0 aliphatic carbocycles. The second-order valence-electron chi connectivity index (χ2n) is 6.94. The topological polar surface area (TPSA) is 58.6 Å². The lowest BCUT2D eigenvalue weighted by molar-refractivity contribution is -0.134. The maximum atomic E-state index is 12.8. The van der Waals surface area contributed by atoms with Crippen LogP contribution in [0, 0.1) is 0 Å². The van der Waals surface area contributed by atoms with E-state index >= 15 is 0 Å². The first kappa shape index (κ1) is 18.0. The van der Waals surface area contributed by atoms with Crippen LogP contribution in [0.1, 0.15) is 39.2 Å². The lowest BCUT2D eigenvalue weighted by atomic mass is 10.1. The molecule has 1 aliphatic rings. The molecule has 5 nitrogen and oxygen atoms in total. The molecule has 0 bridgehead atoms. The maximum absolute atomic E-state index is 12.8. The number of nitrogens with one attached hydrogen (secondary N) is 1. The van der Waals surface area contributed by atoms with E-state index in [9.17, 15) is 9.59 Å². The number of carbonyl (C=O) groups excluding carboxylic acids is 2. The van der Waals surface area contributed by atoms with E-state index in [0.717, 1.165) is 12.0 Å². The maximum Gasteiger partial charge on any atom is 0.408 e. The summed E-state index contributed by atoms with van der Waals surface area (Å²) >= 11 is 0. The smallest absolute Gasteiger partial charge is 0.408 e. The first-order valence-electron chi connectivity index (χ1n) is 8.32. The van der Waals surface area contributed by atoms with Crippen molar-refractivity contribution in [2.24, 2.45) is 0 Å². The van der Waals surface area contributed by atoms with Crippen molar-refractivity contribution in [2.75, 3.05) is 6.54 Å². The fraction of sp³-hybridized carbons (Fsp3) is 0.474. The van der Waals surface area contributed by atoms with Crippen molar-refractivity contribution in [1.82, 2.24) is 10.2 Å². The normalized spacial score (nSPS) is 20.0. The fourth-order valence-corrected chi connectivity index (χ4v) is 2.54. The summed E-state index contributed by atoms with van der Waals surface area (Å²) in [5.41, 5.74) is 0.486. The molecule has 0 spiro atoms. The van der Waals surface area contributed by atoms with Gasteiger partial charge in [-0.2, -0.15) is 0 Å². The van der Waals surface area contributed by atoms with E-state index in [-0.39, 0.29) is 5.91 Å². The van der Waals surface area contributed by atoms with E-state index < -0.39 is 17.7 Å². The van der Waals surface area contributed by atoms with Crippen molar-refractivity contribution < 1.29 is 14.3 Å². The number of carbonyl (C=O) groups is 2. The predicted molar refractivity (Wildman–Crippen MR) is 93.4 cm³/mol. The summed E-state index contributed by atoms with van der Waals surface area (Å²) in [4.78, 5) is 26.6. The number of ether oxygens (including phenoxy) is 1. The van der Waals surface area contributed by atoms with Crippen LogP contribution in [0.25, 0.3) is 0 Å². The minimum absolute atomic E-state index is 0.0749. The van der Waals surface area contributed by atoms with Crippen molar-refractivity contribution in [3.8, 4) is 0 Å². The number of nitrogens with zero attached hydrogens (tertiary/aromatic N) is 1. The van der Waals surface area contributed by atoms with Crippen LogP contribution in [0.3, 0.4) is 0 Å². The second kappa shape index (κ2) is 7.99. The molecule has 1 heterocycles. The van der Waals surface area contributed by atoms with Gasteiger partial charge in [0.05, 0.1) is 0 Å². The molecule has 2 rings (SSSR count). The third-order valence-electron chi connectivity index (χ3n) is 3.62. The van der Waals surface area contributed by atoms with Gasteiger partial charge >= 0.3 is 6.09 Å². The summed E-state index contributed by atoms with van der Waals surface area (Å²) in [5.74, 6) is -0.0749. The molecule has 0 saturated carbocycles. The van der Waals surface area contributed by atoms with E-state index in [2.05, 4.69) is 5.32 Å². The van der Waals surface area contributed by atoms with Crippen molar-refractivity contribution in [2.45, 2.75) is 51.8 Å². The van der Waals surface area contributed by atoms with Gasteiger partial charge in [-0.15, -0.1) is 0 Å². The zero-order valence-corrected chi connectivity index (χ0v) is 14.6. The highest BCUT2D eigenvalue weighted by Crippen LogP contribution is 2.13. The molecule has 1 N–H and O–H groups in total. The third-order valence-corrected chi connectivity index (χ3v) is 3.62. The first-order chi connectivity index (χ1) is 11.3. The molecule has 0 unspecified atom stereocenters. The Kier molecular flexibility index (Phi) is 6.01. The number of alkyl carbamates (subject to hydrolysis) is 1. The Morgan fingerprint density at radius 1 is 1.25 bits per heavy atom. The lowest BCUT2D eigenvalue weighted by Gasteiger charge is -2.29. The Morgan fingerprint density at radius 2 is 1.96 bits per heavy atom. The van der Waals surface area contributed by atoms with Crippen molar-refractivity contribution in [3.05, 3.63) is 48.0 Å². The Morgan fingerprint density at radius 3 is 2.62 bits per heavy atom. The Hall–Kier alpha value is -2.30. The van der Waals surface area contributed by atoms with Crippen LogP contribution in [-0.4, -0.2) is 35.1 Å². The molecule has 24 heavy (non-hydrogen) atoms. The summed E-state index contributed by atoms with van der Waals surface area (Å²) < 4.78 is 5.27. The van der Waals surface area contributed by atoms with Gasteiger partial charge in [0.2, 0.25) is 5.91 Å². The summed E-state index contributed by atoms with van der Waals surface area (Å²) in [6.45, 7) is 6.58. The first-order valence-corrected chi connectivity index (χ1v) is 8.32. The molecule has 0 fully saturated rings. The fourth-order valence-electron chi connectivity index (χ4n) is 2.54. The van der Waals surface area contributed by atoms with Crippen LogP contribution >= 0.6 is 0 Å². The second-order valence-corrected chi connectivity index (χ2v) is 6.94. The Labute approximate surface area is 143 Å². The number of benzene rings is 1. The quantitative estimate of drug-likeness (QED) is 0.866. The van der Waals surface area contributed by atoms with E-state index in [1.165, 1.54) is 0 Å². The molecular weight excluding hydrogens is 304 g/mol. The average molecular weight is 330 g/mol. The zero-order chi connectivity index (χ0) is 17.6. The summed E-state index contributed by atoms with van der Waals surface area (Å²) in [6, 6.07) is 9.27. The van der Waals surface area contributed by atoms with Crippen LogP contribution in [-0.2, 0) is 16.1 Å². The van der Waals surface area contributed by atoms with Gasteiger partial charge in [0, 0.05) is 13.1 Å². The Bertz CT molecular complexity index is 590. The standard InChI is InChI=1S/C19H26N2O3/c1-19(2,3)24-18(23)20-16-12-8-5-9-13-21(17(16)22)14-15-10-6-4-7-11-15/h4-8,10-11,16H,9,12-14H2,1-3H3,(H,20,23)/b8-5-/t16-/m0/s1.